The Morgan fingerprint density at radius 3 is 2.73 bits per heavy atom. The number of carboxylic acid groups (broad SMARTS) is 1. The van der Waals surface area contributed by atoms with Crippen molar-refractivity contribution < 1.29 is 19.1 Å². The molecule has 174 valence electrons. The van der Waals surface area contributed by atoms with Crippen molar-refractivity contribution in [2.45, 2.75) is 44.6 Å². The molecule has 0 unspecified atom stereocenters. The molecule has 1 fully saturated rings. The highest BCUT2D eigenvalue weighted by Gasteiger charge is 2.29. The van der Waals surface area contributed by atoms with Crippen molar-refractivity contribution in [3.63, 3.8) is 0 Å². The van der Waals surface area contributed by atoms with Crippen LogP contribution < -0.4 is 5.32 Å². The van der Waals surface area contributed by atoms with Crippen molar-refractivity contribution in [2.75, 3.05) is 20.1 Å². The maximum Gasteiger partial charge on any atom is 0.303 e. The summed E-state index contributed by atoms with van der Waals surface area (Å²) in [4.78, 5) is 25.8. The van der Waals surface area contributed by atoms with Gasteiger partial charge in [0.15, 0.2) is 0 Å². The standard InChI is InChI=1S/C25H30N4O4/c1-29-14-13-20(16-29)23(32)26-21(9-3-2-4-10-22(30)31)25-28-27-24(33-25)19-12-11-17-7-5-6-8-18(17)15-19/h5-8,11-12,15,20-21H,2-4,9-10,13-14,16H2,1H3,(H,26,32)(H,30,31)/t20-,21-/m0/s1. The van der Waals surface area contributed by atoms with Gasteiger partial charge in [-0.1, -0.05) is 43.2 Å². The molecule has 3 aromatic rings. The summed E-state index contributed by atoms with van der Waals surface area (Å²) in [5.41, 5.74) is 0.830. The van der Waals surface area contributed by atoms with Gasteiger partial charge in [0, 0.05) is 18.5 Å². The van der Waals surface area contributed by atoms with E-state index in [1.807, 2.05) is 43.4 Å². The first-order valence-electron chi connectivity index (χ1n) is 11.5. The summed E-state index contributed by atoms with van der Waals surface area (Å²) in [6.45, 7) is 1.65. The largest absolute Gasteiger partial charge is 0.481 e. The quantitative estimate of drug-likeness (QED) is 0.449. The van der Waals surface area contributed by atoms with E-state index in [-0.39, 0.29) is 18.2 Å². The number of hydrogen-bond acceptors (Lipinski definition) is 6. The number of aromatic nitrogens is 2. The van der Waals surface area contributed by atoms with E-state index in [0.717, 1.165) is 48.7 Å². The molecule has 0 bridgehead atoms. The Kier molecular flexibility index (Phi) is 7.34. The number of fused-ring (bicyclic) bond motifs is 1. The number of carbonyl (C=O) groups is 2. The number of likely N-dealkylation sites (tertiary alicyclic amines) is 1. The van der Waals surface area contributed by atoms with Gasteiger partial charge in [-0.2, -0.15) is 0 Å². The van der Waals surface area contributed by atoms with Gasteiger partial charge in [-0.3, -0.25) is 9.59 Å². The van der Waals surface area contributed by atoms with Gasteiger partial charge in [-0.05, 0) is 55.8 Å². The van der Waals surface area contributed by atoms with Gasteiger partial charge in [0.05, 0.1) is 5.92 Å². The number of amides is 1. The molecule has 1 aliphatic heterocycles. The topological polar surface area (TPSA) is 109 Å². The zero-order valence-electron chi connectivity index (χ0n) is 18.9. The zero-order chi connectivity index (χ0) is 23.2. The summed E-state index contributed by atoms with van der Waals surface area (Å²) in [6, 6.07) is 13.7. The minimum Gasteiger partial charge on any atom is -0.481 e. The molecule has 1 aromatic heterocycles. The average molecular weight is 451 g/mol. The SMILES string of the molecule is CN1CC[C@H](C(=O)N[C@@H](CCCCCC(=O)O)c2nnc(-c3ccc4ccccc4c3)o2)C1. The molecule has 8 heteroatoms. The van der Waals surface area contributed by atoms with Crippen molar-refractivity contribution in [1.29, 1.82) is 0 Å². The van der Waals surface area contributed by atoms with Crippen LogP contribution >= 0.6 is 0 Å². The van der Waals surface area contributed by atoms with Crippen LogP contribution in [0.3, 0.4) is 0 Å². The van der Waals surface area contributed by atoms with Crippen molar-refractivity contribution >= 4 is 22.6 Å². The molecule has 1 saturated heterocycles. The molecule has 0 radical (unpaired) electrons. The Labute approximate surface area is 193 Å². The average Bonchev–Trinajstić information content (AvgIpc) is 3.47. The lowest BCUT2D eigenvalue weighted by atomic mass is 10.0. The number of unbranched alkanes of at least 4 members (excludes halogenated alkanes) is 2. The zero-order valence-corrected chi connectivity index (χ0v) is 18.9. The van der Waals surface area contributed by atoms with Crippen LogP contribution in [0, 0.1) is 5.92 Å². The molecule has 2 aromatic carbocycles. The van der Waals surface area contributed by atoms with Crippen molar-refractivity contribution in [2.24, 2.45) is 5.92 Å². The first-order chi connectivity index (χ1) is 16.0. The van der Waals surface area contributed by atoms with Gasteiger partial charge in [-0.15, -0.1) is 10.2 Å². The van der Waals surface area contributed by atoms with E-state index in [0.29, 0.717) is 24.6 Å². The maximum absolute atomic E-state index is 12.9. The lowest BCUT2D eigenvalue weighted by molar-refractivity contribution is -0.137. The number of nitrogens with one attached hydrogen (secondary N) is 1. The van der Waals surface area contributed by atoms with Crippen LogP contribution in [0.15, 0.2) is 46.9 Å². The van der Waals surface area contributed by atoms with E-state index in [1.165, 1.54) is 0 Å². The molecule has 4 rings (SSSR count). The van der Waals surface area contributed by atoms with E-state index in [1.54, 1.807) is 0 Å². The number of aliphatic carboxylic acids is 1. The summed E-state index contributed by atoms with van der Waals surface area (Å²) in [6.07, 6.45) is 3.73. The van der Waals surface area contributed by atoms with Gasteiger partial charge in [0.25, 0.3) is 0 Å². The van der Waals surface area contributed by atoms with E-state index in [2.05, 4.69) is 26.5 Å². The summed E-state index contributed by atoms with van der Waals surface area (Å²) in [5.74, 6) is -0.0348. The summed E-state index contributed by atoms with van der Waals surface area (Å²) >= 11 is 0. The molecule has 2 heterocycles. The third kappa shape index (κ3) is 5.96. The molecule has 0 spiro atoms. The van der Waals surface area contributed by atoms with E-state index in [9.17, 15) is 9.59 Å². The maximum atomic E-state index is 12.9. The molecule has 2 atom stereocenters. The van der Waals surface area contributed by atoms with Crippen LogP contribution in [0.2, 0.25) is 0 Å². The van der Waals surface area contributed by atoms with Crippen LogP contribution in [0.4, 0.5) is 0 Å². The number of benzene rings is 2. The summed E-state index contributed by atoms with van der Waals surface area (Å²) in [7, 11) is 2.01. The second kappa shape index (κ2) is 10.6. The lowest BCUT2D eigenvalue weighted by Gasteiger charge is -2.18. The number of carbonyl (C=O) groups excluding carboxylic acids is 1. The normalized spacial score (nSPS) is 17.3. The van der Waals surface area contributed by atoms with Gasteiger partial charge in [-0.25, -0.2) is 0 Å². The molecular formula is C25H30N4O4. The van der Waals surface area contributed by atoms with Crippen LogP contribution in [-0.4, -0.2) is 52.2 Å². The minimum absolute atomic E-state index is 0.000316. The molecular weight excluding hydrogens is 420 g/mol. The number of carboxylic acids is 1. The summed E-state index contributed by atoms with van der Waals surface area (Å²) in [5, 5.41) is 22.7. The minimum atomic E-state index is -0.790. The highest BCUT2D eigenvalue weighted by atomic mass is 16.4. The Hall–Kier alpha value is -3.26. The third-order valence-electron chi connectivity index (χ3n) is 6.20. The molecule has 8 nitrogen and oxygen atoms in total. The van der Waals surface area contributed by atoms with Crippen LogP contribution in [0.1, 0.15) is 50.5 Å². The molecule has 0 aliphatic carbocycles. The van der Waals surface area contributed by atoms with Crippen molar-refractivity contribution in [3.05, 3.63) is 48.4 Å². The van der Waals surface area contributed by atoms with Gasteiger partial charge >= 0.3 is 5.97 Å². The van der Waals surface area contributed by atoms with Gasteiger partial charge < -0.3 is 19.7 Å². The van der Waals surface area contributed by atoms with Crippen LogP contribution in [0.25, 0.3) is 22.2 Å². The van der Waals surface area contributed by atoms with Gasteiger partial charge in [0.2, 0.25) is 17.7 Å². The highest BCUT2D eigenvalue weighted by molar-refractivity contribution is 5.86. The summed E-state index contributed by atoms with van der Waals surface area (Å²) < 4.78 is 6.02. The number of nitrogens with zero attached hydrogens (tertiary/aromatic N) is 3. The monoisotopic (exact) mass is 450 g/mol. The fourth-order valence-corrected chi connectivity index (χ4v) is 4.31. The van der Waals surface area contributed by atoms with E-state index >= 15 is 0 Å². The molecule has 1 amide bonds. The second-order valence-electron chi connectivity index (χ2n) is 8.81. The number of rotatable bonds is 10. The predicted molar refractivity (Wildman–Crippen MR) is 124 cm³/mol. The first-order valence-corrected chi connectivity index (χ1v) is 11.5. The lowest BCUT2D eigenvalue weighted by Crippen LogP contribution is -2.35. The molecule has 2 N–H and O–H groups in total. The fraction of sp³-hybridized carbons (Fsp3) is 0.440. The van der Waals surface area contributed by atoms with Crippen molar-refractivity contribution in [1.82, 2.24) is 20.4 Å². The van der Waals surface area contributed by atoms with Gasteiger partial charge in [0.1, 0.15) is 6.04 Å². The Bertz CT molecular complexity index is 1110. The molecule has 1 aliphatic rings. The molecule has 0 saturated carbocycles. The molecule has 33 heavy (non-hydrogen) atoms. The Morgan fingerprint density at radius 2 is 1.97 bits per heavy atom. The Balaban J connectivity index is 1.48. The predicted octanol–water partition coefficient (Wildman–Crippen LogP) is 4.03. The van der Waals surface area contributed by atoms with Crippen molar-refractivity contribution in [3.8, 4) is 11.5 Å². The van der Waals surface area contributed by atoms with E-state index < -0.39 is 12.0 Å². The first kappa shape index (κ1) is 22.9. The third-order valence-corrected chi connectivity index (χ3v) is 6.20. The number of hydrogen-bond donors (Lipinski definition) is 2. The second-order valence-corrected chi connectivity index (χ2v) is 8.81. The van der Waals surface area contributed by atoms with E-state index in [4.69, 9.17) is 9.52 Å². The highest BCUT2D eigenvalue weighted by Crippen LogP contribution is 2.27. The fourth-order valence-electron chi connectivity index (χ4n) is 4.31. The van der Waals surface area contributed by atoms with Crippen LogP contribution in [-0.2, 0) is 9.59 Å². The van der Waals surface area contributed by atoms with Crippen LogP contribution in [0.5, 0.6) is 0 Å². The Morgan fingerprint density at radius 1 is 1.15 bits per heavy atom. The smallest absolute Gasteiger partial charge is 0.303 e.